The highest BCUT2D eigenvalue weighted by atomic mass is 16.5. The number of benzene rings is 4. The van der Waals surface area contributed by atoms with Crippen molar-refractivity contribution in [3.63, 3.8) is 0 Å². The molecule has 1 atom stereocenters. The molecule has 1 N–H and O–H groups in total. The van der Waals surface area contributed by atoms with Crippen LogP contribution >= 0.6 is 0 Å². The minimum atomic E-state index is -0.578. The smallest absolute Gasteiger partial charge is 0.142 e. The molecule has 192 valence electrons. The second-order valence-corrected chi connectivity index (χ2v) is 9.31. The summed E-state index contributed by atoms with van der Waals surface area (Å²) in [6.07, 6.45) is -0.578. The summed E-state index contributed by atoms with van der Waals surface area (Å²) in [7, 11) is 1.71. The topological polar surface area (TPSA) is 54.4 Å². The molecule has 5 rings (SSSR count). The predicted molar refractivity (Wildman–Crippen MR) is 148 cm³/mol. The largest absolute Gasteiger partial charge is 0.495 e. The van der Waals surface area contributed by atoms with Crippen molar-refractivity contribution in [3.05, 3.63) is 96.6 Å². The molecule has 1 fully saturated rings. The first-order valence-corrected chi connectivity index (χ1v) is 12.8. The van der Waals surface area contributed by atoms with E-state index in [-0.39, 0.29) is 6.61 Å². The number of piperazine rings is 1. The Bertz CT molecular complexity index is 1290. The number of rotatable bonds is 10. The van der Waals surface area contributed by atoms with E-state index < -0.39 is 6.10 Å². The van der Waals surface area contributed by atoms with Crippen molar-refractivity contribution in [2.45, 2.75) is 12.7 Å². The Morgan fingerprint density at radius 3 is 2.03 bits per heavy atom. The van der Waals surface area contributed by atoms with Crippen LogP contribution in [0.15, 0.2) is 91.0 Å². The molecule has 1 saturated heterocycles. The lowest BCUT2D eigenvalue weighted by Gasteiger charge is -2.37. The van der Waals surface area contributed by atoms with Crippen molar-refractivity contribution in [2.75, 3.05) is 51.3 Å². The van der Waals surface area contributed by atoms with Crippen LogP contribution in [0.4, 0.5) is 5.69 Å². The summed E-state index contributed by atoms with van der Waals surface area (Å²) in [6, 6.07) is 30.2. The summed E-state index contributed by atoms with van der Waals surface area (Å²) in [6.45, 7) is 4.87. The van der Waals surface area contributed by atoms with Crippen LogP contribution in [0, 0.1) is 0 Å². The van der Waals surface area contributed by atoms with Crippen LogP contribution in [0.25, 0.3) is 10.8 Å². The van der Waals surface area contributed by atoms with Crippen LogP contribution in [-0.4, -0.2) is 62.6 Å². The minimum Gasteiger partial charge on any atom is -0.495 e. The number of aliphatic hydroxyl groups excluding tert-OH is 1. The molecule has 0 spiro atoms. The third-order valence-corrected chi connectivity index (χ3v) is 6.78. The van der Waals surface area contributed by atoms with Crippen molar-refractivity contribution in [2.24, 2.45) is 0 Å². The summed E-state index contributed by atoms with van der Waals surface area (Å²) in [5, 5.41) is 12.7. The number of anilines is 1. The lowest BCUT2D eigenvalue weighted by molar-refractivity contribution is 0.0668. The first-order valence-electron chi connectivity index (χ1n) is 12.8. The highest BCUT2D eigenvalue weighted by Crippen LogP contribution is 2.34. The Labute approximate surface area is 218 Å². The molecule has 4 aromatic rings. The molecule has 6 heteroatoms. The van der Waals surface area contributed by atoms with Gasteiger partial charge in [-0.25, -0.2) is 0 Å². The summed E-state index contributed by atoms with van der Waals surface area (Å²) in [4.78, 5) is 4.63. The monoisotopic (exact) mass is 498 g/mol. The van der Waals surface area contributed by atoms with Crippen molar-refractivity contribution >= 4 is 16.5 Å². The van der Waals surface area contributed by atoms with Gasteiger partial charge in [0, 0.05) is 43.5 Å². The molecule has 0 aliphatic carbocycles. The van der Waals surface area contributed by atoms with Crippen molar-refractivity contribution in [1.82, 2.24) is 4.90 Å². The third-order valence-electron chi connectivity index (χ3n) is 6.78. The Balaban J connectivity index is 1.15. The van der Waals surface area contributed by atoms with Crippen molar-refractivity contribution in [1.29, 1.82) is 0 Å². The zero-order valence-corrected chi connectivity index (χ0v) is 21.3. The fourth-order valence-corrected chi connectivity index (χ4v) is 4.83. The Hall–Kier alpha value is -3.74. The van der Waals surface area contributed by atoms with E-state index in [1.165, 1.54) is 0 Å². The molecular weight excluding hydrogens is 464 g/mol. The van der Waals surface area contributed by atoms with Crippen LogP contribution < -0.4 is 19.1 Å². The molecule has 0 aromatic heterocycles. The van der Waals surface area contributed by atoms with Crippen LogP contribution in [0.2, 0.25) is 0 Å². The summed E-state index contributed by atoms with van der Waals surface area (Å²) in [5.41, 5.74) is 2.25. The number of hydrogen-bond acceptors (Lipinski definition) is 6. The first kappa shape index (κ1) is 24.9. The fraction of sp³-hybridized carbons (Fsp3) is 0.290. The van der Waals surface area contributed by atoms with Crippen molar-refractivity contribution in [3.8, 4) is 17.2 Å². The van der Waals surface area contributed by atoms with E-state index in [0.29, 0.717) is 13.2 Å². The second kappa shape index (κ2) is 12.0. The van der Waals surface area contributed by atoms with Gasteiger partial charge < -0.3 is 24.2 Å². The maximum absolute atomic E-state index is 10.7. The molecule has 1 aliphatic rings. The minimum absolute atomic E-state index is 0.237. The van der Waals surface area contributed by atoms with Gasteiger partial charge in [0.2, 0.25) is 0 Å². The Morgan fingerprint density at radius 1 is 0.703 bits per heavy atom. The number of aliphatic hydroxyl groups is 1. The van der Waals surface area contributed by atoms with E-state index in [9.17, 15) is 5.11 Å². The van der Waals surface area contributed by atoms with E-state index >= 15 is 0 Å². The molecule has 6 nitrogen and oxygen atoms in total. The molecule has 1 unspecified atom stereocenters. The lowest BCUT2D eigenvalue weighted by atomic mass is 10.1. The van der Waals surface area contributed by atoms with Gasteiger partial charge >= 0.3 is 0 Å². The second-order valence-electron chi connectivity index (χ2n) is 9.31. The van der Waals surface area contributed by atoms with Crippen molar-refractivity contribution < 1.29 is 19.3 Å². The molecule has 37 heavy (non-hydrogen) atoms. The van der Waals surface area contributed by atoms with Gasteiger partial charge in [0.1, 0.15) is 36.6 Å². The van der Waals surface area contributed by atoms with E-state index in [0.717, 1.165) is 65.5 Å². The average molecular weight is 499 g/mol. The van der Waals surface area contributed by atoms with Crippen LogP contribution in [0.5, 0.6) is 17.2 Å². The lowest BCUT2D eigenvalue weighted by Crippen LogP contribution is -2.49. The quantitative estimate of drug-likeness (QED) is 0.333. The molecule has 0 bridgehead atoms. The number of β-amino-alcohol motifs (C(OH)–C–C–N with tert-alkyl or cyclic N) is 1. The van der Waals surface area contributed by atoms with Crippen LogP contribution in [0.3, 0.4) is 0 Å². The average Bonchev–Trinajstić information content (AvgIpc) is 2.96. The number of fused-ring (bicyclic) bond motifs is 1. The zero-order chi connectivity index (χ0) is 25.5. The summed E-state index contributed by atoms with van der Waals surface area (Å²) in [5.74, 6) is 2.47. The number of nitrogens with zero attached hydrogens (tertiary/aromatic N) is 2. The normalized spacial score (nSPS) is 14.9. The fourth-order valence-electron chi connectivity index (χ4n) is 4.83. The first-order chi connectivity index (χ1) is 18.2. The zero-order valence-electron chi connectivity index (χ0n) is 21.3. The number of methoxy groups -OCH3 is 1. The SMILES string of the molecule is COc1ccccc1N1CCN(CC(O)COc2ccc(OCc3ccccc3)c3ccccc23)CC1. The highest BCUT2D eigenvalue weighted by Gasteiger charge is 2.21. The molecule has 1 aliphatic heterocycles. The van der Waals surface area contributed by atoms with Gasteiger partial charge in [0.25, 0.3) is 0 Å². The van der Waals surface area contributed by atoms with Gasteiger partial charge in [-0.3, -0.25) is 4.90 Å². The Morgan fingerprint density at radius 2 is 1.32 bits per heavy atom. The van der Waals surface area contributed by atoms with E-state index in [1.54, 1.807) is 7.11 Å². The maximum atomic E-state index is 10.7. The number of ether oxygens (including phenoxy) is 3. The summed E-state index contributed by atoms with van der Waals surface area (Å²) >= 11 is 0. The van der Waals surface area contributed by atoms with E-state index in [4.69, 9.17) is 14.2 Å². The molecule has 1 heterocycles. The predicted octanol–water partition coefficient (Wildman–Crippen LogP) is 4.99. The van der Waals surface area contributed by atoms with Gasteiger partial charge in [-0.2, -0.15) is 0 Å². The molecule has 0 radical (unpaired) electrons. The van der Waals surface area contributed by atoms with Gasteiger partial charge in [0.15, 0.2) is 0 Å². The van der Waals surface area contributed by atoms with Gasteiger partial charge in [0.05, 0.1) is 12.8 Å². The number of para-hydroxylation sites is 2. The van der Waals surface area contributed by atoms with E-state index in [2.05, 4.69) is 28.0 Å². The van der Waals surface area contributed by atoms with Crippen LogP contribution in [0.1, 0.15) is 5.56 Å². The molecule has 4 aromatic carbocycles. The third kappa shape index (κ3) is 6.16. The summed E-state index contributed by atoms with van der Waals surface area (Å²) < 4.78 is 17.7. The van der Waals surface area contributed by atoms with Gasteiger partial charge in [-0.05, 0) is 29.8 Å². The molecule has 0 amide bonds. The van der Waals surface area contributed by atoms with Crippen LogP contribution in [-0.2, 0) is 6.61 Å². The maximum Gasteiger partial charge on any atom is 0.142 e. The van der Waals surface area contributed by atoms with E-state index in [1.807, 2.05) is 72.8 Å². The number of hydrogen-bond donors (Lipinski definition) is 1. The van der Waals surface area contributed by atoms with Gasteiger partial charge in [-0.15, -0.1) is 0 Å². The van der Waals surface area contributed by atoms with Gasteiger partial charge in [-0.1, -0.05) is 66.7 Å². The molecule has 0 saturated carbocycles. The standard InChI is InChI=1S/C31H34N2O4/c1-35-31-14-8-7-13-28(31)33-19-17-32(18-20-33)21-25(34)23-37-30-16-15-29(26-11-5-6-12-27(26)30)36-22-24-9-3-2-4-10-24/h2-16,25,34H,17-23H2,1H3. The Kier molecular flexibility index (Phi) is 8.08. The highest BCUT2D eigenvalue weighted by molar-refractivity contribution is 5.93. The molecular formula is C31H34N2O4.